The van der Waals surface area contributed by atoms with E-state index in [0.29, 0.717) is 5.69 Å². The largest absolute Gasteiger partial charge is 0.378 e. The second kappa shape index (κ2) is 6.95. The molecule has 0 fully saturated rings. The number of benzene rings is 2. The van der Waals surface area contributed by atoms with Crippen LogP contribution in [-0.4, -0.2) is 6.03 Å². The van der Waals surface area contributed by atoms with Crippen molar-refractivity contribution >= 4 is 49.3 Å². The van der Waals surface area contributed by atoms with E-state index in [1.165, 1.54) is 0 Å². The first-order valence-corrected chi connectivity index (χ1v) is 7.92. The minimum absolute atomic E-state index is 0.141. The summed E-state index contributed by atoms with van der Waals surface area (Å²) in [5.41, 5.74) is 7.87. The van der Waals surface area contributed by atoms with Gasteiger partial charge in [-0.3, -0.25) is 0 Å². The number of carbonyl (C=O) groups excluding carboxylic acids is 1. The fourth-order valence-corrected chi connectivity index (χ4v) is 3.36. The van der Waals surface area contributed by atoms with Gasteiger partial charge in [0.05, 0.1) is 0 Å². The third-order valence-electron chi connectivity index (χ3n) is 2.96. The zero-order valence-electron chi connectivity index (χ0n) is 11.4. The molecule has 2 aromatic carbocycles. The van der Waals surface area contributed by atoms with Gasteiger partial charge in [-0.1, -0.05) is 37.9 Å². The molecule has 0 saturated carbocycles. The second-order valence-electron chi connectivity index (χ2n) is 4.60. The lowest BCUT2D eigenvalue weighted by Crippen LogP contribution is -2.19. The molecule has 0 heterocycles. The number of nitrogens with one attached hydrogen (secondary N) is 2. The SMILES string of the molecule is CC(Nc1ccc(NC(N)=O)cc1)c1ccc(Br)cc1Br. The van der Waals surface area contributed by atoms with Crippen LogP contribution in [0.5, 0.6) is 0 Å². The molecule has 0 saturated heterocycles. The monoisotopic (exact) mass is 411 g/mol. The Morgan fingerprint density at radius 3 is 2.29 bits per heavy atom. The molecule has 0 radical (unpaired) electrons. The Bertz CT molecular complexity index is 644. The summed E-state index contributed by atoms with van der Waals surface area (Å²) in [5.74, 6) is 0. The van der Waals surface area contributed by atoms with E-state index in [-0.39, 0.29) is 6.04 Å². The summed E-state index contributed by atoms with van der Waals surface area (Å²) in [7, 11) is 0. The molecular formula is C15H15Br2N3O. The maximum atomic E-state index is 10.8. The van der Waals surface area contributed by atoms with Gasteiger partial charge in [0.2, 0.25) is 0 Å². The van der Waals surface area contributed by atoms with Crippen LogP contribution in [0.1, 0.15) is 18.5 Å². The molecule has 21 heavy (non-hydrogen) atoms. The molecule has 2 rings (SSSR count). The number of rotatable bonds is 4. The Labute approximate surface area is 140 Å². The highest BCUT2D eigenvalue weighted by Gasteiger charge is 2.09. The van der Waals surface area contributed by atoms with Crippen molar-refractivity contribution < 1.29 is 4.79 Å². The molecule has 1 atom stereocenters. The van der Waals surface area contributed by atoms with Gasteiger partial charge in [-0.05, 0) is 48.9 Å². The van der Waals surface area contributed by atoms with Crippen molar-refractivity contribution in [2.75, 3.05) is 10.6 Å². The number of anilines is 2. The first kappa shape index (κ1) is 15.9. The van der Waals surface area contributed by atoms with Crippen molar-refractivity contribution in [3.8, 4) is 0 Å². The molecule has 4 nitrogen and oxygen atoms in total. The topological polar surface area (TPSA) is 67.2 Å². The molecule has 0 aliphatic rings. The van der Waals surface area contributed by atoms with Crippen molar-refractivity contribution in [2.45, 2.75) is 13.0 Å². The van der Waals surface area contributed by atoms with Crippen molar-refractivity contribution in [2.24, 2.45) is 5.73 Å². The zero-order chi connectivity index (χ0) is 15.4. The third-order valence-corrected chi connectivity index (χ3v) is 4.14. The predicted molar refractivity (Wildman–Crippen MR) is 93.5 cm³/mol. The molecule has 0 aromatic heterocycles. The summed E-state index contributed by atoms with van der Waals surface area (Å²) in [6.45, 7) is 2.09. The molecular weight excluding hydrogens is 398 g/mol. The summed E-state index contributed by atoms with van der Waals surface area (Å²) in [4.78, 5) is 10.8. The number of hydrogen-bond donors (Lipinski definition) is 3. The zero-order valence-corrected chi connectivity index (χ0v) is 14.5. The standard InChI is InChI=1S/C15H15Br2N3O/c1-9(13-7-2-10(16)8-14(13)17)19-11-3-5-12(6-4-11)20-15(18)21/h2-9,19H,1H3,(H3,18,20,21). The lowest BCUT2D eigenvalue weighted by atomic mass is 10.1. The van der Waals surface area contributed by atoms with Gasteiger partial charge in [-0.15, -0.1) is 0 Å². The summed E-state index contributed by atoms with van der Waals surface area (Å²) in [5, 5.41) is 5.94. The van der Waals surface area contributed by atoms with Gasteiger partial charge < -0.3 is 16.4 Å². The third kappa shape index (κ3) is 4.47. The van der Waals surface area contributed by atoms with E-state index in [2.05, 4.69) is 55.5 Å². The highest BCUT2D eigenvalue weighted by atomic mass is 79.9. The van der Waals surface area contributed by atoms with Crippen molar-refractivity contribution in [1.82, 2.24) is 0 Å². The maximum absolute atomic E-state index is 10.8. The number of amides is 2. The average Bonchev–Trinajstić information content (AvgIpc) is 2.40. The number of halogens is 2. The molecule has 2 aromatic rings. The van der Waals surface area contributed by atoms with Gasteiger partial charge in [0.1, 0.15) is 0 Å². The Hall–Kier alpha value is -1.53. The van der Waals surface area contributed by atoms with Crippen molar-refractivity contribution in [1.29, 1.82) is 0 Å². The first-order chi connectivity index (χ1) is 9.95. The van der Waals surface area contributed by atoms with Crippen molar-refractivity contribution in [3.63, 3.8) is 0 Å². The number of primary amides is 1. The number of nitrogens with two attached hydrogens (primary N) is 1. The summed E-state index contributed by atoms with van der Waals surface area (Å²) >= 11 is 7.01. The van der Waals surface area contributed by atoms with Gasteiger partial charge in [0.25, 0.3) is 0 Å². The Balaban J connectivity index is 2.08. The van der Waals surface area contributed by atoms with Gasteiger partial charge in [-0.25, -0.2) is 4.79 Å². The fraction of sp³-hybridized carbons (Fsp3) is 0.133. The highest BCUT2D eigenvalue weighted by molar-refractivity contribution is 9.11. The van der Waals surface area contributed by atoms with Gasteiger partial charge >= 0.3 is 6.03 Å². The maximum Gasteiger partial charge on any atom is 0.316 e. The van der Waals surface area contributed by atoms with E-state index >= 15 is 0 Å². The fourth-order valence-electron chi connectivity index (χ4n) is 1.97. The van der Waals surface area contributed by atoms with Gasteiger partial charge in [0, 0.05) is 26.4 Å². The molecule has 1 unspecified atom stereocenters. The lowest BCUT2D eigenvalue weighted by Gasteiger charge is -2.17. The number of urea groups is 1. The molecule has 0 aliphatic heterocycles. The molecule has 6 heteroatoms. The van der Waals surface area contributed by atoms with Crippen LogP contribution in [0, 0.1) is 0 Å². The van der Waals surface area contributed by atoms with E-state index in [1.54, 1.807) is 12.1 Å². The average molecular weight is 413 g/mol. The van der Waals surface area contributed by atoms with E-state index in [0.717, 1.165) is 20.2 Å². The number of carbonyl (C=O) groups is 1. The van der Waals surface area contributed by atoms with Crippen LogP contribution in [0.3, 0.4) is 0 Å². The van der Waals surface area contributed by atoms with Crippen LogP contribution in [0.25, 0.3) is 0 Å². The van der Waals surface area contributed by atoms with Crippen LogP contribution >= 0.6 is 31.9 Å². The minimum atomic E-state index is -0.567. The van der Waals surface area contributed by atoms with E-state index in [1.807, 2.05) is 24.3 Å². The second-order valence-corrected chi connectivity index (χ2v) is 6.37. The van der Waals surface area contributed by atoms with Crippen LogP contribution in [-0.2, 0) is 0 Å². The summed E-state index contributed by atoms with van der Waals surface area (Å²) < 4.78 is 2.08. The smallest absolute Gasteiger partial charge is 0.316 e. The van der Waals surface area contributed by atoms with Gasteiger partial charge in [0.15, 0.2) is 0 Å². The minimum Gasteiger partial charge on any atom is -0.378 e. The molecule has 0 aliphatic carbocycles. The summed E-state index contributed by atoms with van der Waals surface area (Å²) in [6.07, 6.45) is 0. The highest BCUT2D eigenvalue weighted by Crippen LogP contribution is 2.29. The van der Waals surface area contributed by atoms with Crippen LogP contribution < -0.4 is 16.4 Å². The van der Waals surface area contributed by atoms with E-state index in [9.17, 15) is 4.79 Å². The van der Waals surface area contributed by atoms with Crippen molar-refractivity contribution in [3.05, 3.63) is 57.0 Å². The Morgan fingerprint density at radius 2 is 1.71 bits per heavy atom. The normalized spacial score (nSPS) is 11.8. The number of hydrogen-bond acceptors (Lipinski definition) is 2. The van der Waals surface area contributed by atoms with Gasteiger partial charge in [-0.2, -0.15) is 0 Å². The molecule has 0 bridgehead atoms. The quantitative estimate of drug-likeness (QED) is 0.670. The molecule has 110 valence electrons. The molecule has 2 amide bonds. The van der Waals surface area contributed by atoms with Crippen LogP contribution in [0.15, 0.2) is 51.4 Å². The van der Waals surface area contributed by atoms with E-state index in [4.69, 9.17) is 5.73 Å². The van der Waals surface area contributed by atoms with E-state index < -0.39 is 6.03 Å². The predicted octanol–water partition coefficient (Wildman–Crippen LogP) is 4.88. The molecule has 4 N–H and O–H groups in total. The van der Waals surface area contributed by atoms with Crippen LogP contribution in [0.4, 0.5) is 16.2 Å². The first-order valence-electron chi connectivity index (χ1n) is 6.33. The lowest BCUT2D eigenvalue weighted by molar-refractivity contribution is 0.259. The summed E-state index contributed by atoms with van der Waals surface area (Å²) in [6, 6.07) is 13.1. The van der Waals surface area contributed by atoms with Crippen LogP contribution in [0.2, 0.25) is 0 Å². The Morgan fingerprint density at radius 1 is 1.10 bits per heavy atom. The molecule has 0 spiro atoms. The Kier molecular flexibility index (Phi) is 5.25.